The van der Waals surface area contributed by atoms with Gasteiger partial charge in [-0.3, -0.25) is 10.1 Å². The Kier molecular flexibility index (Phi) is 4.30. The Morgan fingerprint density at radius 3 is 2.83 bits per heavy atom. The number of hydrogen-bond donors (Lipinski definition) is 1. The highest BCUT2D eigenvalue weighted by Crippen LogP contribution is 2.32. The number of ether oxygens (including phenoxy) is 1. The standard InChI is InChI=1S/C18H18N2O2S/c1-4-22-14-6-5-7-15-16(14)19-18(23-15)20-17(21)13-9-8-11(2)10-12(13)3/h5-10H,4H2,1-3H3,(H,19,20,21). The van der Waals surface area contributed by atoms with Gasteiger partial charge in [-0.25, -0.2) is 4.98 Å². The van der Waals surface area contributed by atoms with Crippen molar-refractivity contribution in [2.45, 2.75) is 20.8 Å². The molecule has 1 amide bonds. The first-order chi connectivity index (χ1) is 11.1. The molecule has 0 unspecified atom stereocenters. The van der Waals surface area contributed by atoms with Gasteiger partial charge in [0.2, 0.25) is 0 Å². The Morgan fingerprint density at radius 1 is 1.26 bits per heavy atom. The number of aryl methyl sites for hydroxylation is 2. The maximum absolute atomic E-state index is 12.5. The fourth-order valence-electron chi connectivity index (χ4n) is 2.48. The van der Waals surface area contributed by atoms with E-state index in [9.17, 15) is 4.79 Å². The molecule has 3 aromatic rings. The molecule has 1 heterocycles. The Morgan fingerprint density at radius 2 is 2.09 bits per heavy atom. The molecule has 0 aliphatic rings. The number of benzene rings is 2. The molecule has 0 bridgehead atoms. The van der Waals surface area contributed by atoms with Crippen LogP contribution in [0.15, 0.2) is 36.4 Å². The van der Waals surface area contributed by atoms with Crippen LogP contribution in [0.5, 0.6) is 5.75 Å². The molecule has 0 aliphatic heterocycles. The average molecular weight is 326 g/mol. The van der Waals surface area contributed by atoms with Gasteiger partial charge in [0.15, 0.2) is 5.13 Å². The van der Waals surface area contributed by atoms with E-state index >= 15 is 0 Å². The number of fused-ring (bicyclic) bond motifs is 1. The second kappa shape index (κ2) is 6.38. The molecule has 0 atom stereocenters. The smallest absolute Gasteiger partial charge is 0.257 e. The predicted octanol–water partition coefficient (Wildman–Crippen LogP) is 4.56. The van der Waals surface area contributed by atoms with E-state index in [2.05, 4.69) is 10.3 Å². The Hall–Kier alpha value is -2.40. The van der Waals surface area contributed by atoms with E-state index in [0.29, 0.717) is 17.3 Å². The maximum atomic E-state index is 12.5. The summed E-state index contributed by atoms with van der Waals surface area (Å²) in [6.07, 6.45) is 0. The maximum Gasteiger partial charge on any atom is 0.257 e. The summed E-state index contributed by atoms with van der Waals surface area (Å²) >= 11 is 1.45. The van der Waals surface area contributed by atoms with Crippen LogP contribution in [0.4, 0.5) is 5.13 Å². The Balaban J connectivity index is 1.89. The molecule has 1 aromatic heterocycles. The molecule has 0 saturated heterocycles. The minimum atomic E-state index is -0.139. The molecule has 23 heavy (non-hydrogen) atoms. The molecule has 0 radical (unpaired) electrons. The van der Waals surface area contributed by atoms with Crippen molar-refractivity contribution in [3.8, 4) is 5.75 Å². The predicted molar refractivity (Wildman–Crippen MR) is 94.7 cm³/mol. The minimum absolute atomic E-state index is 0.139. The van der Waals surface area contributed by atoms with Gasteiger partial charge in [-0.05, 0) is 44.5 Å². The highest BCUT2D eigenvalue weighted by molar-refractivity contribution is 7.22. The van der Waals surface area contributed by atoms with Crippen LogP contribution >= 0.6 is 11.3 Å². The first kappa shape index (κ1) is 15.5. The molecular weight excluding hydrogens is 308 g/mol. The highest BCUT2D eigenvalue weighted by atomic mass is 32.1. The zero-order valence-corrected chi connectivity index (χ0v) is 14.2. The van der Waals surface area contributed by atoms with Crippen molar-refractivity contribution in [2.24, 2.45) is 0 Å². The second-order valence-electron chi connectivity index (χ2n) is 5.33. The molecule has 118 valence electrons. The molecule has 1 N–H and O–H groups in total. The number of hydrogen-bond acceptors (Lipinski definition) is 4. The van der Waals surface area contributed by atoms with Crippen molar-refractivity contribution in [1.29, 1.82) is 0 Å². The second-order valence-corrected chi connectivity index (χ2v) is 6.36. The fraction of sp³-hybridized carbons (Fsp3) is 0.222. The van der Waals surface area contributed by atoms with Gasteiger partial charge in [0.25, 0.3) is 5.91 Å². The average Bonchev–Trinajstić information content (AvgIpc) is 2.90. The number of anilines is 1. The van der Waals surface area contributed by atoms with Gasteiger partial charge in [0.05, 0.1) is 11.3 Å². The monoisotopic (exact) mass is 326 g/mol. The zero-order valence-electron chi connectivity index (χ0n) is 13.3. The SMILES string of the molecule is CCOc1cccc2sc(NC(=O)c3ccc(C)cc3C)nc12. The van der Waals surface area contributed by atoms with E-state index in [0.717, 1.165) is 27.1 Å². The molecule has 0 spiro atoms. The topological polar surface area (TPSA) is 51.2 Å². The number of nitrogens with one attached hydrogen (secondary N) is 1. The van der Waals surface area contributed by atoms with Crippen LogP contribution < -0.4 is 10.1 Å². The van der Waals surface area contributed by atoms with E-state index in [1.807, 2.05) is 57.2 Å². The molecule has 4 nitrogen and oxygen atoms in total. The molecule has 2 aromatic carbocycles. The summed E-state index contributed by atoms with van der Waals surface area (Å²) in [5.74, 6) is 0.604. The van der Waals surface area contributed by atoms with Crippen molar-refractivity contribution in [1.82, 2.24) is 4.98 Å². The highest BCUT2D eigenvalue weighted by Gasteiger charge is 2.14. The fourth-order valence-corrected chi connectivity index (χ4v) is 3.36. The number of thiazole rings is 1. The van der Waals surface area contributed by atoms with E-state index in [1.54, 1.807) is 0 Å². The summed E-state index contributed by atoms with van der Waals surface area (Å²) in [6.45, 7) is 6.47. The lowest BCUT2D eigenvalue weighted by molar-refractivity contribution is 0.102. The van der Waals surface area contributed by atoms with Crippen LogP contribution in [0.25, 0.3) is 10.2 Å². The molecular formula is C18H18N2O2S. The van der Waals surface area contributed by atoms with Crippen LogP contribution in [0, 0.1) is 13.8 Å². The summed E-state index contributed by atoms with van der Waals surface area (Å²) < 4.78 is 6.58. The third-order valence-electron chi connectivity index (χ3n) is 3.53. The number of nitrogens with zero attached hydrogens (tertiary/aromatic N) is 1. The summed E-state index contributed by atoms with van der Waals surface area (Å²) in [5.41, 5.74) is 3.55. The van der Waals surface area contributed by atoms with E-state index in [1.165, 1.54) is 11.3 Å². The number of amides is 1. The molecule has 3 rings (SSSR count). The lowest BCUT2D eigenvalue weighted by atomic mass is 10.1. The summed E-state index contributed by atoms with van der Waals surface area (Å²) in [4.78, 5) is 17.0. The number of rotatable bonds is 4. The Labute approximate surface area is 139 Å². The number of para-hydroxylation sites is 1. The molecule has 0 saturated carbocycles. The number of carbonyl (C=O) groups excluding carboxylic acids is 1. The quantitative estimate of drug-likeness (QED) is 0.764. The van der Waals surface area contributed by atoms with E-state index < -0.39 is 0 Å². The van der Waals surface area contributed by atoms with Gasteiger partial charge in [0.1, 0.15) is 11.3 Å². The zero-order chi connectivity index (χ0) is 16.4. The summed E-state index contributed by atoms with van der Waals surface area (Å²) in [6, 6.07) is 11.6. The van der Waals surface area contributed by atoms with Crippen LogP contribution in [-0.4, -0.2) is 17.5 Å². The van der Waals surface area contributed by atoms with Gasteiger partial charge in [-0.2, -0.15) is 0 Å². The molecule has 0 fully saturated rings. The van der Waals surface area contributed by atoms with Crippen molar-refractivity contribution >= 4 is 32.6 Å². The van der Waals surface area contributed by atoms with Crippen molar-refractivity contribution < 1.29 is 9.53 Å². The van der Waals surface area contributed by atoms with Gasteiger partial charge < -0.3 is 4.74 Å². The van der Waals surface area contributed by atoms with Gasteiger partial charge in [0, 0.05) is 5.56 Å². The van der Waals surface area contributed by atoms with Crippen molar-refractivity contribution in [3.63, 3.8) is 0 Å². The summed E-state index contributed by atoms with van der Waals surface area (Å²) in [5, 5.41) is 3.47. The van der Waals surface area contributed by atoms with Crippen LogP contribution in [0.3, 0.4) is 0 Å². The largest absolute Gasteiger partial charge is 0.492 e. The van der Waals surface area contributed by atoms with Gasteiger partial charge in [-0.1, -0.05) is 35.1 Å². The third-order valence-corrected chi connectivity index (χ3v) is 4.46. The van der Waals surface area contributed by atoms with E-state index in [-0.39, 0.29) is 5.91 Å². The molecule has 0 aliphatic carbocycles. The Bertz CT molecular complexity index is 871. The van der Waals surface area contributed by atoms with Crippen LogP contribution in [-0.2, 0) is 0 Å². The normalized spacial score (nSPS) is 10.7. The van der Waals surface area contributed by atoms with Crippen LogP contribution in [0.1, 0.15) is 28.4 Å². The van der Waals surface area contributed by atoms with E-state index in [4.69, 9.17) is 4.74 Å². The van der Waals surface area contributed by atoms with Crippen molar-refractivity contribution in [2.75, 3.05) is 11.9 Å². The lowest BCUT2D eigenvalue weighted by Gasteiger charge is -2.06. The first-order valence-electron chi connectivity index (χ1n) is 7.49. The number of aromatic nitrogens is 1. The minimum Gasteiger partial charge on any atom is -0.492 e. The lowest BCUT2D eigenvalue weighted by Crippen LogP contribution is -2.13. The number of carbonyl (C=O) groups is 1. The summed E-state index contributed by atoms with van der Waals surface area (Å²) in [7, 11) is 0. The first-order valence-corrected chi connectivity index (χ1v) is 8.31. The third kappa shape index (κ3) is 3.19. The van der Waals surface area contributed by atoms with Crippen LogP contribution in [0.2, 0.25) is 0 Å². The van der Waals surface area contributed by atoms with Gasteiger partial charge in [-0.15, -0.1) is 0 Å². The van der Waals surface area contributed by atoms with Gasteiger partial charge >= 0.3 is 0 Å². The van der Waals surface area contributed by atoms with Crippen molar-refractivity contribution in [3.05, 3.63) is 53.1 Å². The molecule has 5 heteroatoms.